The van der Waals surface area contributed by atoms with Crippen molar-refractivity contribution in [3.63, 3.8) is 0 Å². The zero-order chi connectivity index (χ0) is 49.9. The number of nitrogens with zero attached hydrogens (tertiary/aromatic N) is 2. The normalized spacial score (nSPS) is 23.0. The molecule has 2 heterocycles. The van der Waals surface area contributed by atoms with Crippen LogP contribution in [0.15, 0.2) is 53.5 Å². The van der Waals surface area contributed by atoms with E-state index in [2.05, 4.69) is 36.9 Å². The Morgan fingerprint density at radius 1 is 0.838 bits per heavy atom. The summed E-state index contributed by atoms with van der Waals surface area (Å²) >= 11 is 1.21. The van der Waals surface area contributed by atoms with Crippen LogP contribution in [0.1, 0.15) is 69.9 Å². The number of likely N-dealkylation sites (tertiary alicyclic amines) is 1. The third-order valence-electron chi connectivity index (χ3n) is 11.3. The summed E-state index contributed by atoms with van der Waals surface area (Å²) in [5.74, 6) is -7.21. The molecule has 2 aromatic carbocycles. The van der Waals surface area contributed by atoms with Gasteiger partial charge in [-0.1, -0.05) is 38.1 Å². The van der Waals surface area contributed by atoms with Crippen molar-refractivity contribution in [2.24, 2.45) is 28.1 Å². The second kappa shape index (κ2) is 26.7. The van der Waals surface area contributed by atoms with Crippen molar-refractivity contribution in [2.75, 3.05) is 31.2 Å². The zero-order valence-electron chi connectivity index (χ0n) is 38.2. The topological polar surface area (TPSA) is 343 Å². The molecule has 0 radical (unpaired) electrons. The molecule has 2 fully saturated rings. The molecule has 2 saturated heterocycles. The van der Waals surface area contributed by atoms with Gasteiger partial charge >= 0.3 is 0 Å². The molecule has 8 amide bonds. The van der Waals surface area contributed by atoms with Gasteiger partial charge in [-0.15, -0.1) is 0 Å². The molecule has 372 valence electrons. The molecular weight excluding hydrogens is 906 g/mol. The maximum Gasteiger partial charge on any atom is 0.246 e. The van der Waals surface area contributed by atoms with Crippen LogP contribution in [0.4, 0.5) is 4.39 Å². The van der Waals surface area contributed by atoms with Gasteiger partial charge in [-0.3, -0.25) is 43.3 Å². The number of nitrogens with one attached hydrogen (secondary N) is 6. The van der Waals surface area contributed by atoms with Crippen LogP contribution in [0.2, 0.25) is 0 Å². The van der Waals surface area contributed by atoms with Gasteiger partial charge in [0.2, 0.25) is 47.3 Å². The highest BCUT2D eigenvalue weighted by atomic mass is 32.2. The number of primary amides is 1. The Morgan fingerprint density at radius 2 is 1.44 bits per heavy atom. The van der Waals surface area contributed by atoms with E-state index in [1.165, 1.54) is 53.1 Å². The number of carbonyl (C=O) groups excluding carboxylic acids is 8. The Balaban J connectivity index is 1.65. The van der Waals surface area contributed by atoms with Crippen molar-refractivity contribution in [1.29, 1.82) is 0 Å². The number of carbonyl (C=O) groups is 8. The smallest absolute Gasteiger partial charge is 0.246 e. The third-order valence-corrected chi connectivity index (χ3v) is 12.4. The standard InChI is InChI=1S/C45H64FN11O10S/c1-25(2)38-43(66)54-33(22-36(47)60)40(63)55-34(44(67)57-18-4-7-35(57)42(65)51-29(23-58)6-3-17-50-45(48)49)24-68-19-5-8-37(61)52-31(20-27-11-15-30(59)16-12-27)39(62)53-32(41(64)56-38)21-26-9-13-28(46)14-10-26/h9-16,25,29,31-35,38,58-59H,3-8,17-24H2,1-2H3,(H2,47,60)(H,51,65)(H,52,61)(H,53,62)(H,54,66)(H,55,63)(H,56,64)(H4,48,49,50)/t29-,31+,32+,33+,34+,35+,38+/m1/s1. The Morgan fingerprint density at radius 3 is 2.06 bits per heavy atom. The highest BCUT2D eigenvalue weighted by Crippen LogP contribution is 2.21. The van der Waals surface area contributed by atoms with Crippen LogP contribution in [0.5, 0.6) is 5.75 Å². The van der Waals surface area contributed by atoms with E-state index in [0.29, 0.717) is 30.4 Å². The SMILES string of the molecule is CC(C)[C@@H]1NC(=O)[C@H](Cc2ccc(F)cc2)NC(=O)[C@H](Cc2ccc(O)cc2)NC(=O)CCCSC[C@@H](C(=O)N2CCC[C@H]2C(=O)N[C@@H](CO)CCCN=C(N)N)NC(=O)[C@H](CC(N)=O)NC1=O. The van der Waals surface area contributed by atoms with Gasteiger partial charge < -0.3 is 64.2 Å². The zero-order valence-corrected chi connectivity index (χ0v) is 39.0. The Labute approximate surface area is 398 Å². The number of guanidine groups is 1. The van der Waals surface area contributed by atoms with Gasteiger partial charge in [-0.25, -0.2) is 4.39 Å². The molecule has 7 atom stereocenters. The molecular formula is C45H64FN11O10S. The summed E-state index contributed by atoms with van der Waals surface area (Å²) in [4.78, 5) is 115. The van der Waals surface area contributed by atoms with Crippen LogP contribution in [0.25, 0.3) is 0 Å². The van der Waals surface area contributed by atoms with Gasteiger partial charge in [0.05, 0.1) is 19.1 Å². The van der Waals surface area contributed by atoms with Crippen molar-refractivity contribution in [1.82, 2.24) is 36.8 Å². The third kappa shape index (κ3) is 17.3. The number of benzene rings is 2. The number of hydrogen-bond donors (Lipinski definition) is 11. The van der Waals surface area contributed by atoms with E-state index < -0.39 is 114 Å². The number of aliphatic hydroxyl groups is 1. The summed E-state index contributed by atoms with van der Waals surface area (Å²) < 4.78 is 13.9. The van der Waals surface area contributed by atoms with Gasteiger partial charge in [0, 0.05) is 38.1 Å². The number of phenolic OH excluding ortho intramolecular Hbond substituents is 1. The highest BCUT2D eigenvalue weighted by molar-refractivity contribution is 7.99. The lowest BCUT2D eigenvalue weighted by molar-refractivity contribution is -0.142. The van der Waals surface area contributed by atoms with Crippen LogP contribution < -0.4 is 49.1 Å². The van der Waals surface area contributed by atoms with Gasteiger partial charge in [0.15, 0.2) is 5.96 Å². The number of nitrogens with two attached hydrogens (primary N) is 3. The number of halogens is 1. The first-order chi connectivity index (χ1) is 32.3. The number of aliphatic hydroxyl groups excluding tert-OH is 1. The lowest BCUT2D eigenvalue weighted by Gasteiger charge is -2.31. The molecule has 0 spiro atoms. The first kappa shape index (κ1) is 54.1. The monoisotopic (exact) mass is 969 g/mol. The number of aromatic hydroxyl groups is 1. The van der Waals surface area contributed by atoms with Crippen molar-refractivity contribution >= 4 is 65.0 Å². The van der Waals surface area contributed by atoms with Crippen LogP contribution in [0, 0.1) is 11.7 Å². The summed E-state index contributed by atoms with van der Waals surface area (Å²) in [7, 11) is 0. The van der Waals surface area contributed by atoms with E-state index in [1.54, 1.807) is 26.0 Å². The minimum atomic E-state index is -1.63. The van der Waals surface area contributed by atoms with Crippen LogP contribution >= 0.6 is 11.8 Å². The van der Waals surface area contributed by atoms with Crippen molar-refractivity contribution in [3.05, 3.63) is 65.5 Å². The van der Waals surface area contributed by atoms with Gasteiger partial charge in [0.25, 0.3) is 0 Å². The molecule has 21 nitrogen and oxygen atoms in total. The maximum atomic E-state index is 14.4. The average Bonchev–Trinajstić information content (AvgIpc) is 3.79. The molecule has 14 N–H and O–H groups in total. The van der Waals surface area contributed by atoms with E-state index in [-0.39, 0.29) is 68.4 Å². The molecule has 0 aliphatic carbocycles. The molecule has 2 aromatic rings. The highest BCUT2D eigenvalue weighted by Gasteiger charge is 2.40. The van der Waals surface area contributed by atoms with E-state index in [9.17, 15) is 53.0 Å². The predicted molar refractivity (Wildman–Crippen MR) is 250 cm³/mol. The molecule has 23 heteroatoms. The quantitative estimate of drug-likeness (QED) is 0.0541. The molecule has 0 bridgehead atoms. The number of aliphatic imine (C=N–C) groups is 1. The largest absolute Gasteiger partial charge is 0.508 e. The van der Waals surface area contributed by atoms with E-state index in [4.69, 9.17) is 17.2 Å². The molecule has 4 rings (SSSR count). The number of rotatable bonds is 15. The fourth-order valence-electron chi connectivity index (χ4n) is 7.68. The molecule has 68 heavy (non-hydrogen) atoms. The van der Waals surface area contributed by atoms with Gasteiger partial charge in [-0.2, -0.15) is 11.8 Å². The number of phenols is 1. The fraction of sp³-hybridized carbons (Fsp3) is 0.533. The number of thioether (sulfide) groups is 1. The average molecular weight is 970 g/mol. The van der Waals surface area contributed by atoms with Crippen LogP contribution in [-0.2, 0) is 51.2 Å². The van der Waals surface area contributed by atoms with E-state index in [1.807, 2.05) is 0 Å². The summed E-state index contributed by atoms with van der Waals surface area (Å²) in [6.07, 6.45) is 0.755. The second-order valence-corrected chi connectivity index (χ2v) is 18.3. The fourth-order valence-corrected chi connectivity index (χ4v) is 8.66. The summed E-state index contributed by atoms with van der Waals surface area (Å²) in [5.41, 5.74) is 17.3. The van der Waals surface area contributed by atoms with Gasteiger partial charge in [0.1, 0.15) is 47.8 Å². The Bertz CT molecular complexity index is 2110. The Kier molecular flexibility index (Phi) is 21.3. The maximum absolute atomic E-state index is 14.4. The number of amides is 8. The first-order valence-electron chi connectivity index (χ1n) is 22.5. The lowest BCUT2D eigenvalue weighted by Crippen LogP contribution is -2.61. The number of hydrogen-bond acceptors (Lipinski definition) is 12. The predicted octanol–water partition coefficient (Wildman–Crippen LogP) is -1.68. The molecule has 0 unspecified atom stereocenters. The summed E-state index contributed by atoms with van der Waals surface area (Å²) in [6.45, 7) is 3.24. The van der Waals surface area contributed by atoms with Gasteiger partial charge in [-0.05, 0) is 79.2 Å². The van der Waals surface area contributed by atoms with Crippen molar-refractivity contribution in [3.8, 4) is 5.75 Å². The van der Waals surface area contributed by atoms with E-state index in [0.717, 1.165) is 0 Å². The minimum absolute atomic E-state index is 0.0226. The van der Waals surface area contributed by atoms with Crippen molar-refractivity contribution < 1.29 is 53.0 Å². The van der Waals surface area contributed by atoms with Crippen LogP contribution in [0.3, 0.4) is 0 Å². The summed E-state index contributed by atoms with van der Waals surface area (Å²) in [5, 5.41) is 35.9. The molecule has 0 aromatic heterocycles. The summed E-state index contributed by atoms with van der Waals surface area (Å²) in [6, 6.07) is 2.60. The minimum Gasteiger partial charge on any atom is -0.508 e. The van der Waals surface area contributed by atoms with Crippen LogP contribution in [-0.4, -0.2) is 142 Å². The lowest BCUT2D eigenvalue weighted by atomic mass is 9.99. The van der Waals surface area contributed by atoms with E-state index >= 15 is 0 Å². The molecule has 0 saturated carbocycles. The second-order valence-electron chi connectivity index (χ2n) is 17.1. The molecule has 2 aliphatic heterocycles. The Hall–Kier alpha value is -6.49. The van der Waals surface area contributed by atoms with Crippen molar-refractivity contribution in [2.45, 2.75) is 114 Å². The molecule has 2 aliphatic rings. The first-order valence-corrected chi connectivity index (χ1v) is 23.7.